The van der Waals surface area contributed by atoms with Gasteiger partial charge in [0.15, 0.2) is 5.69 Å². The topological polar surface area (TPSA) is 58.5 Å². The zero-order valence-corrected chi connectivity index (χ0v) is 26.4. The zero-order chi connectivity index (χ0) is 29.5. The standard InChI is InChI=1S/C36H25N5O2.Pt/c1-23-16-26(37-3)17-24(2)36(23)25-21-39-40(22-25)27-8-7-9-29(18-27)43-30-12-13-32-31-10-5-6-11-33(31)41(34(32)19-30)35-20-28(42-4)14-15-38-35;/h5-17,20-22H,1-2,4H3;/q-2;+2. The number of hydrogen-bond donors (Lipinski definition) is 0. The average Bonchev–Trinajstić information content (AvgIpc) is 3.64. The van der Waals surface area contributed by atoms with Crippen LogP contribution in [0.25, 0.3) is 49.3 Å². The van der Waals surface area contributed by atoms with Crippen LogP contribution in [0.3, 0.4) is 0 Å². The van der Waals surface area contributed by atoms with Crippen LogP contribution in [-0.2, 0) is 21.1 Å². The number of aromatic nitrogens is 4. The van der Waals surface area contributed by atoms with E-state index in [4.69, 9.17) is 16.0 Å². The molecule has 0 bridgehead atoms. The molecule has 0 aliphatic rings. The van der Waals surface area contributed by atoms with Crippen LogP contribution in [0.1, 0.15) is 11.1 Å². The average molecular weight is 755 g/mol. The third-order valence-electron chi connectivity index (χ3n) is 7.48. The Balaban J connectivity index is 0.00000343. The number of benzene rings is 4. The molecule has 7 nitrogen and oxygen atoms in total. The van der Waals surface area contributed by atoms with Crippen molar-refractivity contribution in [3.63, 3.8) is 0 Å². The molecule has 0 N–H and O–H groups in total. The van der Waals surface area contributed by atoms with Gasteiger partial charge in [-0.3, -0.25) is 4.68 Å². The first kappa shape index (κ1) is 28.9. The second-order valence-corrected chi connectivity index (χ2v) is 10.2. The summed E-state index contributed by atoms with van der Waals surface area (Å²) in [5.74, 6) is 2.56. The van der Waals surface area contributed by atoms with Crippen molar-refractivity contribution in [1.29, 1.82) is 0 Å². The summed E-state index contributed by atoms with van der Waals surface area (Å²) in [7, 11) is 1.65. The number of ether oxygens (including phenoxy) is 2. The maximum Gasteiger partial charge on any atom is 2.00 e. The van der Waals surface area contributed by atoms with Crippen LogP contribution in [-0.4, -0.2) is 26.4 Å². The third-order valence-corrected chi connectivity index (χ3v) is 7.48. The number of aryl methyl sites for hydroxylation is 2. The summed E-state index contributed by atoms with van der Waals surface area (Å²) in [6, 6.07) is 32.3. The first-order valence-electron chi connectivity index (χ1n) is 13.7. The number of hydrogen-bond acceptors (Lipinski definition) is 4. The molecule has 0 saturated carbocycles. The second-order valence-electron chi connectivity index (χ2n) is 10.2. The Morgan fingerprint density at radius 3 is 2.45 bits per heavy atom. The fraction of sp³-hybridized carbons (Fsp3) is 0.0833. The van der Waals surface area contributed by atoms with E-state index in [0.717, 1.165) is 61.3 Å². The van der Waals surface area contributed by atoms with Crippen molar-refractivity contribution in [2.24, 2.45) is 0 Å². The van der Waals surface area contributed by atoms with Crippen LogP contribution in [0.2, 0.25) is 0 Å². The van der Waals surface area contributed by atoms with E-state index in [2.05, 4.69) is 43.8 Å². The van der Waals surface area contributed by atoms with Crippen molar-refractivity contribution in [2.75, 3.05) is 7.11 Å². The maximum atomic E-state index is 7.34. The molecule has 0 radical (unpaired) electrons. The zero-order valence-electron chi connectivity index (χ0n) is 24.1. The minimum atomic E-state index is 0. The van der Waals surface area contributed by atoms with Crippen molar-refractivity contribution in [1.82, 2.24) is 19.3 Å². The number of fused-ring (bicyclic) bond motifs is 3. The monoisotopic (exact) mass is 754 g/mol. The van der Waals surface area contributed by atoms with Crippen LogP contribution in [0.15, 0.2) is 97.5 Å². The summed E-state index contributed by atoms with van der Waals surface area (Å²) >= 11 is 0. The molecule has 0 amide bonds. The summed E-state index contributed by atoms with van der Waals surface area (Å²) in [5, 5.41) is 6.75. The molecule has 3 aromatic heterocycles. The quantitative estimate of drug-likeness (QED) is 0.160. The van der Waals surface area contributed by atoms with E-state index in [1.54, 1.807) is 18.0 Å². The first-order valence-corrected chi connectivity index (χ1v) is 13.7. The molecule has 7 rings (SSSR count). The molecule has 0 saturated heterocycles. The van der Waals surface area contributed by atoms with Gasteiger partial charge in [0.05, 0.1) is 19.9 Å². The molecule has 3 heterocycles. The van der Waals surface area contributed by atoms with Crippen LogP contribution in [0, 0.1) is 32.6 Å². The van der Waals surface area contributed by atoms with Crippen molar-refractivity contribution in [2.45, 2.75) is 13.8 Å². The molecule has 0 fully saturated rings. The van der Waals surface area contributed by atoms with E-state index in [0.29, 0.717) is 17.2 Å². The molecule has 0 spiro atoms. The number of pyridine rings is 1. The van der Waals surface area contributed by atoms with Crippen LogP contribution < -0.4 is 9.47 Å². The minimum absolute atomic E-state index is 0. The van der Waals surface area contributed by atoms with Gasteiger partial charge in [-0.05, 0) is 42.6 Å². The van der Waals surface area contributed by atoms with Gasteiger partial charge in [0, 0.05) is 41.0 Å². The van der Waals surface area contributed by atoms with Crippen LogP contribution >= 0.6 is 0 Å². The Hall–Kier alpha value is -5.18. The predicted octanol–water partition coefficient (Wildman–Crippen LogP) is 8.60. The van der Waals surface area contributed by atoms with Gasteiger partial charge in [0.1, 0.15) is 11.6 Å². The van der Waals surface area contributed by atoms with Crippen molar-refractivity contribution >= 4 is 27.5 Å². The Morgan fingerprint density at radius 2 is 1.66 bits per heavy atom. The largest absolute Gasteiger partial charge is 2.00 e. The third kappa shape index (κ3) is 5.14. The first-order chi connectivity index (χ1) is 21.0. The van der Waals surface area contributed by atoms with Gasteiger partial charge in [0.2, 0.25) is 0 Å². The summed E-state index contributed by atoms with van der Waals surface area (Å²) in [4.78, 5) is 8.20. The van der Waals surface area contributed by atoms with Gasteiger partial charge in [-0.2, -0.15) is 17.2 Å². The second kappa shape index (κ2) is 11.8. The number of nitrogens with zero attached hydrogens (tertiary/aromatic N) is 5. The van der Waals surface area contributed by atoms with Gasteiger partial charge in [-0.25, -0.2) is 9.83 Å². The molecular weight excluding hydrogens is 730 g/mol. The van der Waals surface area contributed by atoms with E-state index < -0.39 is 0 Å². The minimum Gasteiger partial charge on any atom is -0.509 e. The van der Waals surface area contributed by atoms with Crippen molar-refractivity contribution in [3.8, 4) is 39.9 Å². The van der Waals surface area contributed by atoms with Gasteiger partial charge in [0.25, 0.3) is 0 Å². The fourth-order valence-electron chi connectivity index (χ4n) is 5.61. The van der Waals surface area contributed by atoms with E-state index in [9.17, 15) is 0 Å². The van der Waals surface area contributed by atoms with Gasteiger partial charge < -0.3 is 14.0 Å². The van der Waals surface area contributed by atoms with Crippen LogP contribution in [0.5, 0.6) is 17.2 Å². The number of para-hydroxylation sites is 1. The smallest absolute Gasteiger partial charge is 0.509 e. The summed E-state index contributed by atoms with van der Waals surface area (Å²) in [5.41, 5.74) is 7.38. The van der Waals surface area contributed by atoms with E-state index in [-0.39, 0.29) is 21.1 Å². The molecule has 0 aliphatic heterocycles. The Kier molecular flexibility index (Phi) is 7.78. The predicted molar refractivity (Wildman–Crippen MR) is 168 cm³/mol. The molecule has 44 heavy (non-hydrogen) atoms. The molecule has 7 aromatic rings. The van der Waals surface area contributed by atoms with Gasteiger partial charge >= 0.3 is 21.1 Å². The van der Waals surface area contributed by atoms with E-state index >= 15 is 0 Å². The van der Waals surface area contributed by atoms with E-state index in [1.165, 1.54) is 0 Å². The van der Waals surface area contributed by atoms with Crippen molar-refractivity contribution in [3.05, 3.63) is 132 Å². The SMILES string of the molecule is [C-]#[N+]c1cc(C)c(-c2cnn(-c3[c-]c(Oc4[c-]c5c(cc4)c4ccccc4n5-c4cc(OC)ccn4)ccc3)c2)c(C)c1.[Pt+2]. The molecule has 0 aliphatic carbocycles. The van der Waals surface area contributed by atoms with Gasteiger partial charge in [-0.1, -0.05) is 47.0 Å². The summed E-state index contributed by atoms with van der Waals surface area (Å²) < 4.78 is 15.6. The summed E-state index contributed by atoms with van der Waals surface area (Å²) in [6.45, 7) is 11.4. The Labute approximate surface area is 269 Å². The summed E-state index contributed by atoms with van der Waals surface area (Å²) in [6.07, 6.45) is 5.54. The van der Waals surface area contributed by atoms with Gasteiger partial charge in [-0.15, -0.1) is 35.7 Å². The molecule has 4 aromatic carbocycles. The fourth-order valence-corrected chi connectivity index (χ4v) is 5.61. The Morgan fingerprint density at radius 1 is 0.864 bits per heavy atom. The molecule has 8 heteroatoms. The maximum absolute atomic E-state index is 7.34. The molecule has 0 unspecified atom stereocenters. The van der Waals surface area contributed by atoms with Crippen LogP contribution in [0.4, 0.5) is 5.69 Å². The van der Waals surface area contributed by atoms with E-state index in [1.807, 2.05) is 93.0 Å². The number of rotatable bonds is 6. The molecule has 0 atom stereocenters. The van der Waals surface area contributed by atoms with Crippen molar-refractivity contribution < 1.29 is 30.5 Å². The molecule has 216 valence electrons. The normalized spacial score (nSPS) is 10.9. The Bertz CT molecular complexity index is 2190. The molecular formula is C36H25N5O2Pt. The number of methoxy groups -OCH3 is 1.